The highest BCUT2D eigenvalue weighted by Crippen LogP contribution is 2.26. The monoisotopic (exact) mass is 268 g/mol. The fraction of sp³-hybridized carbons (Fsp3) is 0.923. The Bertz CT molecular complexity index is 350. The summed E-state index contributed by atoms with van der Waals surface area (Å²) in [5, 5.41) is 3.62. The van der Waals surface area contributed by atoms with Gasteiger partial charge < -0.3 is 9.64 Å². The molecule has 0 aromatic carbocycles. The predicted octanol–water partition coefficient (Wildman–Crippen LogP) is 3.58. The second kappa shape index (κ2) is 6.66. The maximum absolute atomic E-state index is 11.9. The number of rotatable bonds is 3. The topological polar surface area (TPSA) is 78.3 Å². The molecule has 0 unspecified atom stereocenters. The molecule has 0 aliphatic carbocycles. The molecule has 0 aromatic heterocycles. The Morgan fingerprint density at radius 2 is 2.05 bits per heavy atom. The Morgan fingerprint density at radius 1 is 1.47 bits per heavy atom. The molecule has 0 N–H and O–H groups in total. The molecule has 1 aliphatic heterocycles. The van der Waals surface area contributed by atoms with Crippen LogP contribution in [0, 0.1) is 11.8 Å². The molecule has 6 nitrogen and oxygen atoms in total. The average molecular weight is 268 g/mol. The van der Waals surface area contributed by atoms with Gasteiger partial charge in [0.25, 0.3) is 0 Å². The first-order chi connectivity index (χ1) is 8.83. The van der Waals surface area contributed by atoms with Gasteiger partial charge in [-0.15, -0.1) is 0 Å². The van der Waals surface area contributed by atoms with Gasteiger partial charge in [-0.05, 0) is 51.0 Å². The van der Waals surface area contributed by atoms with Gasteiger partial charge in [0, 0.05) is 24.5 Å². The Balaban J connectivity index is 2.40. The summed E-state index contributed by atoms with van der Waals surface area (Å²) in [6.45, 7) is 9.70. The highest BCUT2D eigenvalue weighted by Gasteiger charge is 2.28. The number of likely N-dealkylation sites (tertiary alicyclic amines) is 1. The number of nitrogens with zero attached hydrogens (tertiary/aromatic N) is 4. The number of amides is 1. The van der Waals surface area contributed by atoms with E-state index in [4.69, 9.17) is 10.3 Å². The number of piperidine rings is 1. The molecule has 1 amide bonds. The molecule has 0 radical (unpaired) electrons. The lowest BCUT2D eigenvalue weighted by atomic mass is 9.85. The van der Waals surface area contributed by atoms with Gasteiger partial charge in [-0.25, -0.2) is 4.79 Å². The van der Waals surface area contributed by atoms with E-state index >= 15 is 0 Å². The number of azide groups is 1. The number of ether oxygens (including phenoxy) is 1. The van der Waals surface area contributed by atoms with Crippen molar-refractivity contribution in [2.75, 3.05) is 19.6 Å². The number of carbonyl (C=O) groups is 1. The van der Waals surface area contributed by atoms with Crippen molar-refractivity contribution < 1.29 is 9.53 Å². The lowest BCUT2D eigenvalue weighted by Gasteiger charge is -2.35. The van der Waals surface area contributed by atoms with Crippen molar-refractivity contribution >= 4 is 6.09 Å². The highest BCUT2D eigenvalue weighted by molar-refractivity contribution is 5.68. The zero-order chi connectivity index (χ0) is 14.5. The molecule has 1 rings (SSSR count). The standard InChI is InChI=1S/C13H24N4O2/c1-10(9-15-16-14)11-5-7-17(8-6-11)12(18)19-13(2,3)4/h10-11H,5-9H2,1-4H3/t10-/m1/s1. The van der Waals surface area contributed by atoms with Gasteiger partial charge in [0.2, 0.25) is 0 Å². The molecule has 1 heterocycles. The van der Waals surface area contributed by atoms with E-state index in [0.29, 0.717) is 18.4 Å². The first-order valence-electron chi connectivity index (χ1n) is 6.82. The molecular formula is C13H24N4O2. The molecule has 0 aromatic rings. The van der Waals surface area contributed by atoms with Crippen LogP contribution in [0.1, 0.15) is 40.5 Å². The van der Waals surface area contributed by atoms with Gasteiger partial charge in [0.1, 0.15) is 5.60 Å². The van der Waals surface area contributed by atoms with Gasteiger partial charge in [-0.2, -0.15) is 0 Å². The van der Waals surface area contributed by atoms with Crippen LogP contribution >= 0.6 is 0 Å². The molecule has 6 heteroatoms. The van der Waals surface area contributed by atoms with Crippen LogP contribution in [0.5, 0.6) is 0 Å². The van der Waals surface area contributed by atoms with E-state index in [1.54, 1.807) is 4.90 Å². The van der Waals surface area contributed by atoms with Gasteiger partial charge >= 0.3 is 6.09 Å². The van der Waals surface area contributed by atoms with E-state index in [9.17, 15) is 4.79 Å². The number of carbonyl (C=O) groups excluding carboxylic acids is 1. The Labute approximate surface area is 114 Å². The van der Waals surface area contributed by atoms with Crippen molar-refractivity contribution in [3.63, 3.8) is 0 Å². The quantitative estimate of drug-likeness (QED) is 0.445. The number of hydrogen-bond donors (Lipinski definition) is 0. The fourth-order valence-electron chi connectivity index (χ4n) is 2.29. The summed E-state index contributed by atoms with van der Waals surface area (Å²) in [4.78, 5) is 16.5. The lowest BCUT2D eigenvalue weighted by Crippen LogP contribution is -2.42. The maximum Gasteiger partial charge on any atom is 0.410 e. The van der Waals surface area contributed by atoms with Crippen LogP contribution in [0.2, 0.25) is 0 Å². The molecule has 19 heavy (non-hydrogen) atoms. The third kappa shape index (κ3) is 5.39. The molecule has 1 atom stereocenters. The summed E-state index contributed by atoms with van der Waals surface area (Å²) in [6, 6.07) is 0. The van der Waals surface area contributed by atoms with Gasteiger partial charge in [-0.1, -0.05) is 12.0 Å². The first-order valence-corrected chi connectivity index (χ1v) is 6.82. The van der Waals surface area contributed by atoms with Crippen LogP contribution in [0.4, 0.5) is 4.79 Å². The van der Waals surface area contributed by atoms with Crippen molar-refractivity contribution in [1.29, 1.82) is 0 Å². The smallest absolute Gasteiger partial charge is 0.410 e. The molecular weight excluding hydrogens is 244 g/mol. The maximum atomic E-state index is 11.9. The summed E-state index contributed by atoms with van der Waals surface area (Å²) >= 11 is 0. The van der Waals surface area contributed by atoms with Gasteiger partial charge in [-0.3, -0.25) is 0 Å². The Hall–Kier alpha value is -1.42. The Morgan fingerprint density at radius 3 is 2.53 bits per heavy atom. The van der Waals surface area contributed by atoms with Crippen molar-refractivity contribution in [1.82, 2.24) is 4.90 Å². The van der Waals surface area contributed by atoms with E-state index in [2.05, 4.69) is 16.9 Å². The third-order valence-electron chi connectivity index (χ3n) is 3.43. The van der Waals surface area contributed by atoms with E-state index in [1.165, 1.54) is 0 Å². The molecule has 0 bridgehead atoms. The second-order valence-electron chi connectivity index (χ2n) is 6.20. The average Bonchev–Trinajstić information content (AvgIpc) is 2.34. The van der Waals surface area contributed by atoms with Gasteiger partial charge in [0.15, 0.2) is 0 Å². The largest absolute Gasteiger partial charge is 0.444 e. The van der Waals surface area contributed by atoms with Crippen molar-refractivity contribution in [3.05, 3.63) is 10.4 Å². The van der Waals surface area contributed by atoms with Crippen molar-refractivity contribution in [3.8, 4) is 0 Å². The number of hydrogen-bond acceptors (Lipinski definition) is 3. The van der Waals surface area contributed by atoms with Crippen molar-refractivity contribution in [2.45, 2.75) is 46.1 Å². The van der Waals surface area contributed by atoms with Crippen LogP contribution in [0.3, 0.4) is 0 Å². The molecule has 1 aliphatic rings. The summed E-state index contributed by atoms with van der Waals surface area (Å²) < 4.78 is 5.36. The minimum absolute atomic E-state index is 0.228. The Kier molecular flexibility index (Phi) is 5.48. The van der Waals surface area contributed by atoms with Crippen molar-refractivity contribution in [2.24, 2.45) is 17.0 Å². The van der Waals surface area contributed by atoms with Crippen LogP contribution < -0.4 is 0 Å². The summed E-state index contributed by atoms with van der Waals surface area (Å²) in [7, 11) is 0. The highest BCUT2D eigenvalue weighted by atomic mass is 16.6. The van der Waals surface area contributed by atoms with E-state index in [0.717, 1.165) is 25.9 Å². The lowest BCUT2D eigenvalue weighted by molar-refractivity contribution is 0.0164. The van der Waals surface area contributed by atoms with E-state index < -0.39 is 5.60 Å². The minimum Gasteiger partial charge on any atom is -0.444 e. The zero-order valence-electron chi connectivity index (χ0n) is 12.3. The summed E-state index contributed by atoms with van der Waals surface area (Å²) in [6.07, 6.45) is 1.66. The molecule has 1 fully saturated rings. The molecule has 1 saturated heterocycles. The predicted molar refractivity (Wildman–Crippen MR) is 73.7 cm³/mol. The zero-order valence-corrected chi connectivity index (χ0v) is 12.3. The van der Waals surface area contributed by atoms with E-state index in [-0.39, 0.29) is 6.09 Å². The summed E-state index contributed by atoms with van der Waals surface area (Å²) in [5.41, 5.74) is 7.88. The van der Waals surface area contributed by atoms with Crippen LogP contribution in [-0.2, 0) is 4.74 Å². The molecule has 0 spiro atoms. The van der Waals surface area contributed by atoms with E-state index in [1.807, 2.05) is 20.8 Å². The second-order valence-corrected chi connectivity index (χ2v) is 6.20. The fourth-order valence-corrected chi connectivity index (χ4v) is 2.29. The third-order valence-corrected chi connectivity index (χ3v) is 3.43. The first kappa shape index (κ1) is 15.6. The normalized spacial score (nSPS) is 18.6. The van der Waals surface area contributed by atoms with Crippen LogP contribution in [-0.4, -0.2) is 36.2 Å². The van der Waals surface area contributed by atoms with Gasteiger partial charge in [0.05, 0.1) is 0 Å². The van der Waals surface area contributed by atoms with Crippen LogP contribution in [0.25, 0.3) is 10.4 Å². The SMILES string of the molecule is C[C@H](CN=[N+]=[N-])C1CCN(C(=O)OC(C)(C)C)CC1. The summed E-state index contributed by atoms with van der Waals surface area (Å²) in [5.74, 6) is 0.890. The minimum atomic E-state index is -0.442. The van der Waals surface area contributed by atoms with Crippen LogP contribution in [0.15, 0.2) is 5.11 Å². The molecule has 108 valence electrons. The molecule has 0 saturated carbocycles.